The fourth-order valence-corrected chi connectivity index (χ4v) is 2.06. The summed E-state index contributed by atoms with van der Waals surface area (Å²) in [6.07, 6.45) is -3.01. The standard InChI is InChI=1S/C15H11F3N4O/c1-9-5-6-13-19-12(8-22(13)21-9)20-14(23)10-3-2-4-11(7-10)15(16,17)18/h2-8H,1H3,(H,20,23). The number of anilines is 1. The van der Waals surface area contributed by atoms with Crippen LogP contribution in [0.25, 0.3) is 5.65 Å². The van der Waals surface area contributed by atoms with E-state index in [9.17, 15) is 18.0 Å². The maximum Gasteiger partial charge on any atom is 0.416 e. The van der Waals surface area contributed by atoms with Crippen molar-refractivity contribution in [1.29, 1.82) is 0 Å². The van der Waals surface area contributed by atoms with Crippen molar-refractivity contribution < 1.29 is 18.0 Å². The van der Waals surface area contributed by atoms with Gasteiger partial charge in [-0.1, -0.05) is 6.07 Å². The van der Waals surface area contributed by atoms with Gasteiger partial charge in [0.2, 0.25) is 0 Å². The number of carbonyl (C=O) groups excluding carboxylic acids is 1. The van der Waals surface area contributed by atoms with Gasteiger partial charge in [-0.3, -0.25) is 4.79 Å². The molecule has 3 aromatic rings. The quantitative estimate of drug-likeness (QED) is 0.788. The molecule has 0 atom stereocenters. The van der Waals surface area contributed by atoms with E-state index >= 15 is 0 Å². The number of aryl methyl sites for hydroxylation is 1. The number of hydrogen-bond donors (Lipinski definition) is 1. The zero-order chi connectivity index (χ0) is 16.6. The van der Waals surface area contributed by atoms with Crippen molar-refractivity contribution in [2.45, 2.75) is 13.1 Å². The monoisotopic (exact) mass is 320 g/mol. The van der Waals surface area contributed by atoms with Crippen LogP contribution in [-0.2, 0) is 6.18 Å². The Labute approximate surface area is 128 Å². The van der Waals surface area contributed by atoms with Gasteiger partial charge in [-0.25, -0.2) is 9.50 Å². The Bertz CT molecular complexity index is 886. The van der Waals surface area contributed by atoms with E-state index < -0.39 is 17.6 Å². The highest BCUT2D eigenvalue weighted by Crippen LogP contribution is 2.29. The topological polar surface area (TPSA) is 59.3 Å². The molecule has 1 N–H and O–H groups in total. The maximum atomic E-state index is 12.7. The zero-order valence-corrected chi connectivity index (χ0v) is 11.9. The van der Waals surface area contributed by atoms with Crippen molar-refractivity contribution in [1.82, 2.24) is 14.6 Å². The molecule has 1 amide bonds. The molecule has 0 aliphatic rings. The van der Waals surface area contributed by atoms with Crippen LogP contribution in [0, 0.1) is 6.92 Å². The molecule has 0 unspecified atom stereocenters. The number of halogens is 3. The molecule has 23 heavy (non-hydrogen) atoms. The van der Waals surface area contributed by atoms with Crippen molar-refractivity contribution in [2.75, 3.05) is 5.32 Å². The molecule has 5 nitrogen and oxygen atoms in total. The van der Waals surface area contributed by atoms with E-state index in [4.69, 9.17) is 0 Å². The predicted octanol–water partition coefficient (Wildman–Crippen LogP) is 3.31. The molecule has 0 bridgehead atoms. The highest BCUT2D eigenvalue weighted by atomic mass is 19.4. The van der Waals surface area contributed by atoms with Crippen molar-refractivity contribution in [3.63, 3.8) is 0 Å². The molecule has 1 aromatic carbocycles. The maximum absolute atomic E-state index is 12.7. The van der Waals surface area contributed by atoms with E-state index in [1.165, 1.54) is 22.8 Å². The molecule has 0 fully saturated rings. The van der Waals surface area contributed by atoms with Crippen LogP contribution in [0.3, 0.4) is 0 Å². The second kappa shape index (κ2) is 5.38. The Morgan fingerprint density at radius 1 is 1.22 bits per heavy atom. The van der Waals surface area contributed by atoms with Crippen LogP contribution in [0.5, 0.6) is 0 Å². The molecule has 0 aliphatic carbocycles. The Balaban J connectivity index is 1.85. The lowest BCUT2D eigenvalue weighted by atomic mass is 10.1. The van der Waals surface area contributed by atoms with E-state index in [1.54, 1.807) is 19.1 Å². The number of alkyl halides is 3. The third-order valence-corrected chi connectivity index (χ3v) is 3.15. The molecule has 0 saturated heterocycles. The third kappa shape index (κ3) is 3.15. The van der Waals surface area contributed by atoms with Crippen LogP contribution < -0.4 is 5.32 Å². The summed E-state index contributed by atoms with van der Waals surface area (Å²) in [5.74, 6) is -0.457. The third-order valence-electron chi connectivity index (χ3n) is 3.15. The highest BCUT2D eigenvalue weighted by Gasteiger charge is 2.30. The first-order valence-electron chi connectivity index (χ1n) is 6.64. The molecule has 8 heteroatoms. The number of aromatic nitrogens is 3. The van der Waals surface area contributed by atoms with Gasteiger partial charge in [0.05, 0.1) is 17.5 Å². The number of nitrogens with zero attached hydrogens (tertiary/aromatic N) is 3. The first kappa shape index (κ1) is 15.0. The van der Waals surface area contributed by atoms with Crippen LogP contribution in [-0.4, -0.2) is 20.5 Å². The second-order valence-electron chi connectivity index (χ2n) is 4.94. The summed E-state index contributed by atoms with van der Waals surface area (Å²) in [5.41, 5.74) is 0.319. The van der Waals surface area contributed by atoms with Crippen molar-refractivity contribution in [3.05, 3.63) is 59.4 Å². The average molecular weight is 320 g/mol. The second-order valence-corrected chi connectivity index (χ2v) is 4.94. The number of fused-ring (bicyclic) bond motifs is 1. The van der Waals surface area contributed by atoms with Crippen LogP contribution in [0.1, 0.15) is 21.6 Å². The number of benzene rings is 1. The Morgan fingerprint density at radius 2 is 2.00 bits per heavy atom. The van der Waals surface area contributed by atoms with Gasteiger partial charge in [-0.15, -0.1) is 0 Å². The van der Waals surface area contributed by atoms with Crippen LogP contribution in [0.15, 0.2) is 42.6 Å². The molecule has 0 aliphatic heterocycles. The van der Waals surface area contributed by atoms with E-state index in [0.717, 1.165) is 17.8 Å². The number of carbonyl (C=O) groups is 1. The van der Waals surface area contributed by atoms with Gasteiger partial charge < -0.3 is 5.32 Å². The van der Waals surface area contributed by atoms with Gasteiger partial charge in [0.1, 0.15) is 0 Å². The predicted molar refractivity (Wildman–Crippen MR) is 77.1 cm³/mol. The molecule has 0 spiro atoms. The summed E-state index contributed by atoms with van der Waals surface area (Å²) in [7, 11) is 0. The highest BCUT2D eigenvalue weighted by molar-refractivity contribution is 6.04. The lowest BCUT2D eigenvalue weighted by Gasteiger charge is -2.08. The van der Waals surface area contributed by atoms with Gasteiger partial charge in [-0.2, -0.15) is 18.3 Å². The minimum absolute atomic E-state index is 0.0963. The largest absolute Gasteiger partial charge is 0.416 e. The van der Waals surface area contributed by atoms with Crippen LogP contribution in [0.2, 0.25) is 0 Å². The normalized spacial score (nSPS) is 11.7. The van der Waals surface area contributed by atoms with Gasteiger partial charge >= 0.3 is 6.18 Å². The van der Waals surface area contributed by atoms with Crippen molar-refractivity contribution >= 4 is 17.4 Å². The number of nitrogens with one attached hydrogen (secondary N) is 1. The minimum atomic E-state index is -4.50. The Hall–Kier alpha value is -2.90. The summed E-state index contributed by atoms with van der Waals surface area (Å²) >= 11 is 0. The molecule has 2 heterocycles. The molecule has 0 saturated carbocycles. The van der Waals surface area contributed by atoms with E-state index in [2.05, 4.69) is 15.4 Å². The SMILES string of the molecule is Cc1ccc2nc(NC(=O)c3cccc(C(F)(F)F)c3)cn2n1. The molecular formula is C15H11F3N4O. The molecule has 118 valence electrons. The van der Waals surface area contributed by atoms with E-state index in [1.807, 2.05) is 0 Å². The Kier molecular flexibility index (Phi) is 3.51. The first-order chi connectivity index (χ1) is 10.8. The molecule has 0 radical (unpaired) electrons. The van der Waals surface area contributed by atoms with Gasteiger partial charge in [0, 0.05) is 5.56 Å². The molecule has 2 aromatic heterocycles. The summed E-state index contributed by atoms with van der Waals surface area (Å²) in [6, 6.07) is 7.69. The summed E-state index contributed by atoms with van der Waals surface area (Å²) in [4.78, 5) is 16.2. The van der Waals surface area contributed by atoms with E-state index in [0.29, 0.717) is 5.65 Å². The molecule has 3 rings (SSSR count). The fraction of sp³-hybridized carbons (Fsp3) is 0.133. The van der Waals surface area contributed by atoms with Crippen molar-refractivity contribution in [2.24, 2.45) is 0 Å². The van der Waals surface area contributed by atoms with Crippen molar-refractivity contribution in [3.8, 4) is 0 Å². The van der Waals surface area contributed by atoms with Gasteiger partial charge in [-0.05, 0) is 37.3 Å². The lowest BCUT2D eigenvalue weighted by molar-refractivity contribution is -0.137. The lowest BCUT2D eigenvalue weighted by Crippen LogP contribution is -2.14. The van der Waals surface area contributed by atoms with E-state index in [-0.39, 0.29) is 11.4 Å². The summed E-state index contributed by atoms with van der Waals surface area (Å²) in [6.45, 7) is 1.81. The number of rotatable bonds is 2. The summed E-state index contributed by atoms with van der Waals surface area (Å²) in [5, 5.41) is 6.64. The smallest absolute Gasteiger partial charge is 0.305 e. The Morgan fingerprint density at radius 3 is 2.74 bits per heavy atom. The number of hydrogen-bond acceptors (Lipinski definition) is 3. The molecular weight excluding hydrogens is 309 g/mol. The average Bonchev–Trinajstić information content (AvgIpc) is 2.87. The zero-order valence-electron chi connectivity index (χ0n) is 11.9. The van der Waals surface area contributed by atoms with Crippen LogP contribution in [0.4, 0.5) is 19.0 Å². The van der Waals surface area contributed by atoms with Gasteiger partial charge in [0.25, 0.3) is 5.91 Å². The number of imidazole rings is 1. The summed E-state index contributed by atoms with van der Waals surface area (Å²) < 4.78 is 39.5. The first-order valence-corrected chi connectivity index (χ1v) is 6.64. The van der Waals surface area contributed by atoms with Gasteiger partial charge in [0.15, 0.2) is 11.5 Å². The minimum Gasteiger partial charge on any atom is -0.305 e. The van der Waals surface area contributed by atoms with Crippen LogP contribution >= 0.6 is 0 Å². The fourth-order valence-electron chi connectivity index (χ4n) is 2.06. The number of amides is 1.